The highest BCUT2D eigenvalue weighted by molar-refractivity contribution is 5.99. The maximum Gasteiger partial charge on any atom is 0.250 e. The summed E-state index contributed by atoms with van der Waals surface area (Å²) < 4.78 is 0. The van der Waals surface area contributed by atoms with E-state index < -0.39 is 0 Å². The van der Waals surface area contributed by atoms with Crippen LogP contribution in [0.2, 0.25) is 0 Å². The van der Waals surface area contributed by atoms with Crippen LogP contribution in [0.3, 0.4) is 0 Å². The molecule has 0 aromatic heterocycles. The molecule has 0 aliphatic heterocycles. The van der Waals surface area contributed by atoms with Crippen molar-refractivity contribution in [2.24, 2.45) is 5.73 Å². The molecule has 0 atom stereocenters. The molecule has 3 heteroatoms. The molecule has 3 nitrogen and oxygen atoms in total. The molecule has 1 rings (SSSR count). The van der Waals surface area contributed by atoms with Crippen molar-refractivity contribution in [2.45, 2.75) is 26.7 Å². The number of nitrogens with two attached hydrogens (primary N) is 1. The van der Waals surface area contributed by atoms with Gasteiger partial charge in [-0.3, -0.25) is 4.79 Å². The lowest BCUT2D eigenvalue weighted by Crippen LogP contribution is -2.21. The first-order chi connectivity index (χ1) is 7.52. The third-order valence-electron chi connectivity index (χ3n) is 2.83. The Balaban J connectivity index is 3.50. The Labute approximate surface area is 97.2 Å². The van der Waals surface area contributed by atoms with Crippen LogP contribution in [0.25, 0.3) is 0 Å². The largest absolute Gasteiger partial charge is 0.377 e. The van der Waals surface area contributed by atoms with Crippen LogP contribution in [0.5, 0.6) is 0 Å². The molecule has 0 unspecified atom stereocenters. The number of rotatable bonds is 4. The lowest BCUT2D eigenvalue weighted by molar-refractivity contribution is 0.100. The quantitative estimate of drug-likeness (QED) is 0.843. The van der Waals surface area contributed by atoms with Gasteiger partial charge in [-0.15, -0.1) is 0 Å². The van der Waals surface area contributed by atoms with Crippen molar-refractivity contribution in [1.82, 2.24) is 0 Å². The second-order valence-electron chi connectivity index (χ2n) is 4.07. The molecule has 0 saturated carbocycles. The smallest absolute Gasteiger partial charge is 0.250 e. The summed E-state index contributed by atoms with van der Waals surface area (Å²) in [5.41, 5.74) is 9.49. The van der Waals surface area contributed by atoms with Gasteiger partial charge in [0.15, 0.2) is 0 Å². The Morgan fingerprint density at radius 2 is 1.88 bits per heavy atom. The van der Waals surface area contributed by atoms with Gasteiger partial charge in [0.1, 0.15) is 0 Å². The molecule has 0 heterocycles. The summed E-state index contributed by atoms with van der Waals surface area (Å²) in [4.78, 5) is 13.4. The fraction of sp³-hybridized carbons (Fsp3) is 0.462. The highest BCUT2D eigenvalue weighted by Gasteiger charge is 2.16. The minimum Gasteiger partial charge on any atom is -0.377 e. The number of anilines is 1. The van der Waals surface area contributed by atoms with Gasteiger partial charge in [-0.1, -0.05) is 19.9 Å². The lowest BCUT2D eigenvalue weighted by Gasteiger charge is -2.22. The van der Waals surface area contributed by atoms with Crippen LogP contribution in [-0.4, -0.2) is 20.0 Å². The molecule has 2 N–H and O–H groups in total. The Bertz CT molecular complexity index is 397. The summed E-state index contributed by atoms with van der Waals surface area (Å²) in [6.07, 6.45) is 1.89. The number of amides is 1. The fourth-order valence-electron chi connectivity index (χ4n) is 2.11. The van der Waals surface area contributed by atoms with E-state index in [1.807, 2.05) is 31.1 Å². The summed E-state index contributed by atoms with van der Waals surface area (Å²) in [7, 11) is 3.89. The highest BCUT2D eigenvalue weighted by Crippen LogP contribution is 2.28. The molecular weight excluding hydrogens is 200 g/mol. The maximum absolute atomic E-state index is 11.4. The Morgan fingerprint density at radius 3 is 2.25 bits per heavy atom. The number of carbonyl (C=O) groups excluding carboxylic acids is 1. The third-order valence-corrected chi connectivity index (χ3v) is 2.83. The molecule has 0 aliphatic rings. The van der Waals surface area contributed by atoms with E-state index in [0.29, 0.717) is 5.56 Å². The first kappa shape index (κ1) is 12.6. The van der Waals surface area contributed by atoms with Crippen LogP contribution in [0.15, 0.2) is 12.1 Å². The fourth-order valence-corrected chi connectivity index (χ4v) is 2.11. The van der Waals surface area contributed by atoms with E-state index in [1.54, 1.807) is 0 Å². The molecule has 0 radical (unpaired) electrons. The first-order valence-electron chi connectivity index (χ1n) is 5.64. The third kappa shape index (κ3) is 2.18. The van der Waals surface area contributed by atoms with Gasteiger partial charge in [0, 0.05) is 14.1 Å². The molecule has 0 saturated heterocycles. The maximum atomic E-state index is 11.4. The first-order valence-corrected chi connectivity index (χ1v) is 5.64. The summed E-state index contributed by atoms with van der Waals surface area (Å²) >= 11 is 0. The van der Waals surface area contributed by atoms with E-state index in [9.17, 15) is 4.79 Å². The van der Waals surface area contributed by atoms with E-state index in [2.05, 4.69) is 13.8 Å². The van der Waals surface area contributed by atoms with E-state index in [-0.39, 0.29) is 5.91 Å². The zero-order chi connectivity index (χ0) is 12.3. The predicted molar refractivity (Wildman–Crippen MR) is 68.0 cm³/mol. The molecule has 0 spiro atoms. The molecule has 1 aromatic rings. The van der Waals surface area contributed by atoms with Gasteiger partial charge in [0.05, 0.1) is 11.3 Å². The summed E-state index contributed by atoms with van der Waals surface area (Å²) in [5.74, 6) is -0.360. The van der Waals surface area contributed by atoms with E-state index >= 15 is 0 Å². The molecule has 0 bridgehead atoms. The number of nitrogens with zero attached hydrogens (tertiary/aromatic N) is 1. The van der Waals surface area contributed by atoms with Crippen LogP contribution >= 0.6 is 0 Å². The number of hydrogen-bond acceptors (Lipinski definition) is 2. The van der Waals surface area contributed by atoms with Crippen LogP contribution in [0.1, 0.15) is 35.3 Å². The van der Waals surface area contributed by atoms with Gasteiger partial charge in [-0.05, 0) is 30.0 Å². The average Bonchev–Trinajstić information content (AvgIpc) is 2.26. The van der Waals surface area contributed by atoms with Crippen LogP contribution < -0.4 is 10.6 Å². The van der Waals surface area contributed by atoms with E-state index in [0.717, 1.165) is 18.5 Å². The van der Waals surface area contributed by atoms with Gasteiger partial charge in [0.25, 0.3) is 5.91 Å². The van der Waals surface area contributed by atoms with E-state index in [1.165, 1.54) is 11.1 Å². The molecular formula is C13H20N2O. The number of hydrogen-bond donors (Lipinski definition) is 1. The number of benzene rings is 1. The summed E-state index contributed by atoms with van der Waals surface area (Å²) in [6, 6.07) is 3.83. The molecule has 0 fully saturated rings. The van der Waals surface area contributed by atoms with Crippen molar-refractivity contribution in [3.63, 3.8) is 0 Å². The molecule has 1 aromatic carbocycles. The monoisotopic (exact) mass is 220 g/mol. The summed E-state index contributed by atoms with van der Waals surface area (Å²) in [5, 5.41) is 0. The molecule has 1 amide bonds. The van der Waals surface area contributed by atoms with E-state index in [4.69, 9.17) is 5.73 Å². The van der Waals surface area contributed by atoms with Crippen molar-refractivity contribution >= 4 is 11.6 Å². The minimum atomic E-state index is -0.360. The predicted octanol–water partition coefficient (Wildman–Crippen LogP) is 1.98. The second kappa shape index (κ2) is 5.01. The van der Waals surface area contributed by atoms with Gasteiger partial charge in [-0.2, -0.15) is 0 Å². The Hall–Kier alpha value is -1.51. The van der Waals surface area contributed by atoms with Crippen molar-refractivity contribution in [2.75, 3.05) is 19.0 Å². The van der Waals surface area contributed by atoms with Crippen molar-refractivity contribution in [3.8, 4) is 0 Å². The van der Waals surface area contributed by atoms with Crippen LogP contribution in [0.4, 0.5) is 5.69 Å². The Kier molecular flexibility index (Phi) is 3.93. The SMILES string of the molecule is CCc1ccc(C(N)=O)c(N(C)C)c1CC. The number of carbonyl (C=O) groups is 1. The van der Waals surface area contributed by atoms with Crippen molar-refractivity contribution in [3.05, 3.63) is 28.8 Å². The minimum absolute atomic E-state index is 0.360. The van der Waals surface area contributed by atoms with Gasteiger partial charge < -0.3 is 10.6 Å². The summed E-state index contributed by atoms with van der Waals surface area (Å²) in [6.45, 7) is 4.23. The number of aryl methyl sites for hydroxylation is 1. The van der Waals surface area contributed by atoms with Gasteiger partial charge >= 0.3 is 0 Å². The number of primary amides is 1. The molecule has 88 valence electrons. The Morgan fingerprint density at radius 1 is 1.25 bits per heavy atom. The van der Waals surface area contributed by atoms with Crippen LogP contribution in [0, 0.1) is 0 Å². The van der Waals surface area contributed by atoms with Crippen LogP contribution in [-0.2, 0) is 12.8 Å². The zero-order valence-corrected chi connectivity index (χ0v) is 10.5. The highest BCUT2D eigenvalue weighted by atomic mass is 16.1. The van der Waals surface area contributed by atoms with Gasteiger partial charge in [-0.25, -0.2) is 0 Å². The standard InChI is InChI=1S/C13H20N2O/c1-5-9-7-8-11(13(14)16)12(15(3)4)10(9)6-2/h7-8H,5-6H2,1-4H3,(H2,14,16). The normalized spacial score (nSPS) is 10.2. The zero-order valence-electron chi connectivity index (χ0n) is 10.5. The van der Waals surface area contributed by atoms with Crippen molar-refractivity contribution < 1.29 is 4.79 Å². The molecule has 16 heavy (non-hydrogen) atoms. The lowest BCUT2D eigenvalue weighted by atomic mass is 9.96. The second-order valence-corrected chi connectivity index (χ2v) is 4.07. The van der Waals surface area contributed by atoms with Gasteiger partial charge in [0.2, 0.25) is 0 Å². The topological polar surface area (TPSA) is 46.3 Å². The molecule has 0 aliphatic carbocycles. The average molecular weight is 220 g/mol. The van der Waals surface area contributed by atoms with Crippen molar-refractivity contribution in [1.29, 1.82) is 0 Å².